The number of rotatable bonds is 4. The zero-order valence-corrected chi connectivity index (χ0v) is 14.4. The first-order valence-corrected chi connectivity index (χ1v) is 8.73. The summed E-state index contributed by atoms with van der Waals surface area (Å²) in [6.07, 6.45) is 7.36. The standard InChI is InChI=1S/C19H21N5O2/c20-13-3-2-8-24(11-13)14-5-7-22-10-12(14)9-15(25)17-18-16(26-19(17)21)4-1-6-23-18/h1,4-7,10,13H,2-3,8-9,11,20-21H2/t13-/m0/s1. The third-order valence-corrected chi connectivity index (χ3v) is 4.78. The lowest BCUT2D eigenvalue weighted by Gasteiger charge is -2.33. The quantitative estimate of drug-likeness (QED) is 0.693. The first-order valence-electron chi connectivity index (χ1n) is 8.73. The summed E-state index contributed by atoms with van der Waals surface area (Å²) in [5.74, 6) is -0.0235. The summed E-state index contributed by atoms with van der Waals surface area (Å²) in [7, 11) is 0. The molecule has 26 heavy (non-hydrogen) atoms. The van der Waals surface area contributed by atoms with Crippen LogP contribution in [0.5, 0.6) is 0 Å². The summed E-state index contributed by atoms with van der Waals surface area (Å²) in [4.78, 5) is 23.6. The molecule has 0 saturated carbocycles. The number of nitrogen functional groups attached to an aromatic ring is 1. The van der Waals surface area contributed by atoms with Crippen LogP contribution in [0.15, 0.2) is 41.2 Å². The van der Waals surface area contributed by atoms with Gasteiger partial charge in [0, 0.05) is 55.4 Å². The van der Waals surface area contributed by atoms with Gasteiger partial charge < -0.3 is 20.8 Å². The number of anilines is 2. The minimum absolute atomic E-state index is 0.106. The molecule has 0 aliphatic carbocycles. The van der Waals surface area contributed by atoms with Crippen LogP contribution in [0.2, 0.25) is 0 Å². The molecule has 7 heteroatoms. The highest BCUT2D eigenvalue weighted by Crippen LogP contribution is 2.29. The van der Waals surface area contributed by atoms with Gasteiger partial charge in [-0.2, -0.15) is 0 Å². The van der Waals surface area contributed by atoms with Gasteiger partial charge in [0.25, 0.3) is 0 Å². The molecule has 134 valence electrons. The molecule has 4 heterocycles. The highest BCUT2D eigenvalue weighted by molar-refractivity contribution is 6.10. The normalized spacial score (nSPS) is 17.6. The topological polar surface area (TPSA) is 111 Å². The van der Waals surface area contributed by atoms with E-state index >= 15 is 0 Å². The van der Waals surface area contributed by atoms with Crippen molar-refractivity contribution >= 4 is 28.5 Å². The van der Waals surface area contributed by atoms with Gasteiger partial charge in [0.05, 0.1) is 0 Å². The highest BCUT2D eigenvalue weighted by Gasteiger charge is 2.24. The maximum Gasteiger partial charge on any atom is 0.204 e. The Morgan fingerprint density at radius 1 is 1.35 bits per heavy atom. The number of ketones is 1. The number of piperidine rings is 1. The monoisotopic (exact) mass is 351 g/mol. The molecule has 4 N–H and O–H groups in total. The number of nitrogens with two attached hydrogens (primary N) is 2. The summed E-state index contributed by atoms with van der Waals surface area (Å²) < 4.78 is 5.47. The van der Waals surface area contributed by atoms with E-state index in [1.165, 1.54) is 0 Å². The lowest BCUT2D eigenvalue weighted by molar-refractivity contribution is 0.0994. The molecular formula is C19H21N5O2. The van der Waals surface area contributed by atoms with Gasteiger partial charge in [0.2, 0.25) is 5.88 Å². The predicted molar refractivity (Wildman–Crippen MR) is 100 cm³/mol. The first kappa shape index (κ1) is 16.5. The van der Waals surface area contributed by atoms with Crippen molar-refractivity contribution in [1.29, 1.82) is 0 Å². The average molecular weight is 351 g/mol. The van der Waals surface area contributed by atoms with E-state index in [1.807, 2.05) is 6.07 Å². The molecule has 0 bridgehead atoms. The van der Waals surface area contributed by atoms with Gasteiger partial charge in [0.15, 0.2) is 11.4 Å². The first-order chi connectivity index (χ1) is 12.6. The van der Waals surface area contributed by atoms with E-state index in [0.29, 0.717) is 16.7 Å². The van der Waals surface area contributed by atoms with Crippen LogP contribution in [0.1, 0.15) is 28.8 Å². The van der Waals surface area contributed by atoms with Crippen LogP contribution in [0.4, 0.5) is 11.6 Å². The molecule has 0 aromatic carbocycles. The fourth-order valence-electron chi connectivity index (χ4n) is 3.57. The molecule has 3 aromatic rings. The van der Waals surface area contributed by atoms with Crippen LogP contribution in [0, 0.1) is 0 Å². The molecular weight excluding hydrogens is 330 g/mol. The Balaban J connectivity index is 1.65. The van der Waals surface area contributed by atoms with E-state index in [0.717, 1.165) is 37.2 Å². The Kier molecular flexibility index (Phi) is 4.30. The van der Waals surface area contributed by atoms with E-state index in [4.69, 9.17) is 15.9 Å². The number of hydrogen-bond acceptors (Lipinski definition) is 7. The third-order valence-electron chi connectivity index (χ3n) is 4.78. The highest BCUT2D eigenvalue weighted by atomic mass is 16.3. The molecule has 4 rings (SSSR count). The van der Waals surface area contributed by atoms with Crippen molar-refractivity contribution < 1.29 is 9.21 Å². The van der Waals surface area contributed by atoms with Gasteiger partial charge in [-0.25, -0.2) is 0 Å². The van der Waals surface area contributed by atoms with E-state index < -0.39 is 0 Å². The van der Waals surface area contributed by atoms with Crippen molar-refractivity contribution in [3.8, 4) is 0 Å². The SMILES string of the molecule is Nc1oc2cccnc2c1C(=O)Cc1cnccc1N1CCC[C@H](N)C1. The molecule has 1 aliphatic heterocycles. The molecule has 1 atom stereocenters. The lowest BCUT2D eigenvalue weighted by Crippen LogP contribution is -2.43. The van der Waals surface area contributed by atoms with Crippen LogP contribution in [0.25, 0.3) is 11.1 Å². The smallest absolute Gasteiger partial charge is 0.204 e. The van der Waals surface area contributed by atoms with Crippen molar-refractivity contribution in [2.75, 3.05) is 23.7 Å². The van der Waals surface area contributed by atoms with Gasteiger partial charge in [-0.15, -0.1) is 0 Å². The number of carbonyl (C=O) groups is 1. The zero-order valence-electron chi connectivity index (χ0n) is 14.4. The molecule has 0 amide bonds. The minimum atomic E-state index is -0.129. The third kappa shape index (κ3) is 3.01. The second kappa shape index (κ2) is 6.76. The van der Waals surface area contributed by atoms with Gasteiger partial charge in [0.1, 0.15) is 11.1 Å². The summed E-state index contributed by atoms with van der Waals surface area (Å²) >= 11 is 0. The van der Waals surface area contributed by atoms with E-state index in [2.05, 4.69) is 14.9 Å². The Hall–Kier alpha value is -2.93. The number of furan rings is 1. The minimum Gasteiger partial charge on any atom is -0.438 e. The van der Waals surface area contributed by atoms with Gasteiger partial charge >= 0.3 is 0 Å². The van der Waals surface area contributed by atoms with Crippen LogP contribution in [-0.4, -0.2) is 34.9 Å². The number of Topliss-reactive ketones (excluding diaryl/α,β-unsaturated/α-hetero) is 1. The van der Waals surface area contributed by atoms with Crippen LogP contribution < -0.4 is 16.4 Å². The zero-order chi connectivity index (χ0) is 18.1. The number of carbonyl (C=O) groups excluding carboxylic acids is 1. The van der Waals surface area contributed by atoms with Gasteiger partial charge in [-0.3, -0.25) is 14.8 Å². The maximum atomic E-state index is 13.0. The van der Waals surface area contributed by atoms with E-state index in [9.17, 15) is 4.79 Å². The number of aromatic nitrogens is 2. The summed E-state index contributed by atoms with van der Waals surface area (Å²) in [6, 6.07) is 5.59. The van der Waals surface area contributed by atoms with Crippen molar-refractivity contribution in [3.63, 3.8) is 0 Å². The largest absolute Gasteiger partial charge is 0.438 e. The summed E-state index contributed by atoms with van der Waals surface area (Å²) in [5, 5.41) is 0. The average Bonchev–Trinajstić information content (AvgIpc) is 2.98. The Labute approximate surface area is 151 Å². The molecule has 1 fully saturated rings. The van der Waals surface area contributed by atoms with Crippen LogP contribution in [-0.2, 0) is 6.42 Å². The fraction of sp³-hybridized carbons (Fsp3) is 0.316. The van der Waals surface area contributed by atoms with Gasteiger partial charge in [-0.05, 0) is 31.0 Å². The van der Waals surface area contributed by atoms with Crippen molar-refractivity contribution in [1.82, 2.24) is 9.97 Å². The second-order valence-corrected chi connectivity index (χ2v) is 6.64. The van der Waals surface area contributed by atoms with Crippen LogP contribution in [0.3, 0.4) is 0 Å². The van der Waals surface area contributed by atoms with Crippen LogP contribution >= 0.6 is 0 Å². The Morgan fingerprint density at radius 2 is 2.23 bits per heavy atom. The number of nitrogens with zero attached hydrogens (tertiary/aromatic N) is 3. The fourth-order valence-corrected chi connectivity index (χ4v) is 3.57. The van der Waals surface area contributed by atoms with E-state index in [1.54, 1.807) is 30.7 Å². The molecule has 0 unspecified atom stereocenters. The molecule has 7 nitrogen and oxygen atoms in total. The number of pyridine rings is 2. The van der Waals surface area contributed by atoms with Crippen molar-refractivity contribution in [3.05, 3.63) is 47.9 Å². The van der Waals surface area contributed by atoms with E-state index in [-0.39, 0.29) is 24.1 Å². The lowest BCUT2D eigenvalue weighted by atomic mass is 10.0. The predicted octanol–water partition coefficient (Wildman–Crippen LogP) is 2.16. The molecule has 1 aliphatic rings. The van der Waals surface area contributed by atoms with Gasteiger partial charge in [-0.1, -0.05) is 0 Å². The molecule has 1 saturated heterocycles. The second-order valence-electron chi connectivity index (χ2n) is 6.64. The molecule has 0 radical (unpaired) electrons. The maximum absolute atomic E-state index is 13.0. The number of hydrogen-bond donors (Lipinski definition) is 2. The summed E-state index contributed by atoms with van der Waals surface area (Å²) in [5.41, 5.74) is 15.3. The molecule has 3 aromatic heterocycles. The van der Waals surface area contributed by atoms with Crippen molar-refractivity contribution in [2.45, 2.75) is 25.3 Å². The Bertz CT molecular complexity index is 952. The summed E-state index contributed by atoms with van der Waals surface area (Å²) in [6.45, 7) is 1.71. The Morgan fingerprint density at radius 3 is 3.08 bits per heavy atom. The molecule has 0 spiro atoms. The number of fused-ring (bicyclic) bond motifs is 1. The van der Waals surface area contributed by atoms with Crippen molar-refractivity contribution in [2.24, 2.45) is 5.73 Å².